The van der Waals surface area contributed by atoms with E-state index in [9.17, 15) is 29.4 Å². The summed E-state index contributed by atoms with van der Waals surface area (Å²) in [6, 6.07) is -4.20. The summed E-state index contributed by atoms with van der Waals surface area (Å²) in [5.41, 5.74) is 16.3. The molecule has 0 aliphatic carbocycles. The standard InChI is InChI=1S/C19H35N7O6/c1-10(2)14(18(31)32)25-16(29)13-6-4-8-26(13)17(30)12(9-27)24-15(28)11(20)5-3-7-23-19(21)22/h10-14,27H,3-9,20H2,1-2H3,(H,24,28)(H,25,29)(H,31,32)(H4,21,22,23). The zero-order chi connectivity index (χ0) is 24.4. The topological polar surface area (TPSA) is 226 Å². The molecule has 182 valence electrons. The van der Waals surface area contributed by atoms with Gasteiger partial charge in [-0.1, -0.05) is 13.8 Å². The molecule has 0 saturated carbocycles. The third-order valence-corrected chi connectivity index (χ3v) is 5.17. The second-order valence-electron chi connectivity index (χ2n) is 8.06. The fourth-order valence-corrected chi connectivity index (χ4v) is 3.38. The minimum absolute atomic E-state index is 0.0683. The third-order valence-electron chi connectivity index (χ3n) is 5.17. The highest BCUT2D eigenvalue weighted by Gasteiger charge is 2.39. The van der Waals surface area contributed by atoms with Crippen LogP contribution in [0.3, 0.4) is 0 Å². The summed E-state index contributed by atoms with van der Waals surface area (Å²) >= 11 is 0. The Labute approximate surface area is 186 Å². The molecule has 0 radical (unpaired) electrons. The van der Waals surface area contributed by atoms with E-state index in [1.54, 1.807) is 13.8 Å². The highest BCUT2D eigenvalue weighted by atomic mass is 16.4. The number of hydrogen-bond acceptors (Lipinski definition) is 7. The van der Waals surface area contributed by atoms with Crippen molar-refractivity contribution in [2.45, 2.75) is 63.7 Å². The van der Waals surface area contributed by atoms with Crippen molar-refractivity contribution < 1.29 is 29.4 Å². The number of likely N-dealkylation sites (tertiary alicyclic amines) is 1. The Morgan fingerprint density at radius 2 is 1.84 bits per heavy atom. The maximum atomic E-state index is 12.9. The third kappa shape index (κ3) is 7.96. The molecule has 13 heteroatoms. The molecule has 3 amide bonds. The van der Waals surface area contributed by atoms with E-state index in [0.29, 0.717) is 25.8 Å². The van der Waals surface area contributed by atoms with Gasteiger partial charge in [0.2, 0.25) is 17.7 Å². The fourth-order valence-electron chi connectivity index (χ4n) is 3.38. The SMILES string of the molecule is CC(C)C(NC(=O)C1CCCN1C(=O)C(CO)NC(=O)C(N)CCCN=C(N)N)C(=O)O. The molecule has 1 saturated heterocycles. The number of aliphatic carboxylic acids is 1. The summed E-state index contributed by atoms with van der Waals surface area (Å²) in [6.45, 7) is 3.18. The van der Waals surface area contributed by atoms with Crippen LogP contribution in [0.1, 0.15) is 39.5 Å². The van der Waals surface area contributed by atoms with Crippen molar-refractivity contribution in [3.05, 3.63) is 0 Å². The molecule has 32 heavy (non-hydrogen) atoms. The van der Waals surface area contributed by atoms with Gasteiger partial charge in [-0.15, -0.1) is 0 Å². The van der Waals surface area contributed by atoms with Crippen LogP contribution in [0.15, 0.2) is 4.99 Å². The number of nitrogens with zero attached hydrogens (tertiary/aromatic N) is 2. The smallest absolute Gasteiger partial charge is 0.326 e. The van der Waals surface area contributed by atoms with Crippen LogP contribution >= 0.6 is 0 Å². The fraction of sp³-hybridized carbons (Fsp3) is 0.737. The number of nitrogens with two attached hydrogens (primary N) is 3. The number of aliphatic imine (C=N–C) groups is 1. The number of carboxylic acid groups (broad SMARTS) is 1. The van der Waals surface area contributed by atoms with Gasteiger partial charge < -0.3 is 42.9 Å². The highest BCUT2D eigenvalue weighted by Crippen LogP contribution is 2.19. The van der Waals surface area contributed by atoms with Gasteiger partial charge in [-0.2, -0.15) is 0 Å². The summed E-state index contributed by atoms with van der Waals surface area (Å²) in [4.78, 5) is 54.3. The van der Waals surface area contributed by atoms with Crippen molar-refractivity contribution in [1.29, 1.82) is 0 Å². The van der Waals surface area contributed by atoms with Crippen LogP contribution in [0.2, 0.25) is 0 Å². The molecule has 1 rings (SSSR count). The van der Waals surface area contributed by atoms with Crippen LogP contribution < -0.4 is 27.8 Å². The second kappa shape index (κ2) is 12.8. The van der Waals surface area contributed by atoms with E-state index in [1.165, 1.54) is 4.90 Å². The molecule has 1 aliphatic heterocycles. The number of hydrogen-bond donors (Lipinski definition) is 7. The Bertz CT molecular complexity index is 710. The number of guanidine groups is 1. The van der Waals surface area contributed by atoms with Crippen molar-refractivity contribution in [2.75, 3.05) is 19.7 Å². The number of rotatable bonds is 12. The summed E-state index contributed by atoms with van der Waals surface area (Å²) in [6.07, 6.45) is 1.58. The number of aliphatic hydroxyl groups excluding tert-OH is 1. The average molecular weight is 458 g/mol. The highest BCUT2D eigenvalue weighted by molar-refractivity contribution is 5.94. The Balaban J connectivity index is 2.73. The van der Waals surface area contributed by atoms with Crippen molar-refractivity contribution in [3.8, 4) is 0 Å². The molecule has 1 aliphatic rings. The molecular weight excluding hydrogens is 422 g/mol. The van der Waals surface area contributed by atoms with Crippen molar-refractivity contribution in [1.82, 2.24) is 15.5 Å². The summed E-state index contributed by atoms with van der Waals surface area (Å²) in [5.74, 6) is -3.44. The van der Waals surface area contributed by atoms with E-state index in [1.807, 2.05) is 0 Å². The van der Waals surface area contributed by atoms with Crippen LogP contribution in [0.4, 0.5) is 0 Å². The summed E-state index contributed by atoms with van der Waals surface area (Å²) in [5, 5.41) is 23.8. The lowest BCUT2D eigenvalue weighted by Gasteiger charge is -2.29. The minimum atomic E-state index is -1.28. The first-order valence-corrected chi connectivity index (χ1v) is 10.5. The molecule has 1 fully saturated rings. The predicted molar refractivity (Wildman–Crippen MR) is 116 cm³/mol. The van der Waals surface area contributed by atoms with Gasteiger partial charge in [0.05, 0.1) is 12.6 Å². The first-order chi connectivity index (χ1) is 15.0. The normalized spacial score (nSPS) is 18.5. The van der Waals surface area contributed by atoms with E-state index < -0.39 is 54.5 Å². The molecule has 0 aromatic heterocycles. The van der Waals surface area contributed by atoms with E-state index in [0.717, 1.165) is 0 Å². The first-order valence-electron chi connectivity index (χ1n) is 10.5. The van der Waals surface area contributed by atoms with Gasteiger partial charge in [0.1, 0.15) is 18.1 Å². The maximum absolute atomic E-state index is 12.9. The number of carbonyl (C=O) groups excluding carboxylic acids is 3. The number of carbonyl (C=O) groups is 4. The van der Waals surface area contributed by atoms with Gasteiger partial charge >= 0.3 is 5.97 Å². The lowest BCUT2D eigenvalue weighted by molar-refractivity contribution is -0.146. The zero-order valence-electron chi connectivity index (χ0n) is 18.5. The van der Waals surface area contributed by atoms with E-state index in [-0.39, 0.29) is 24.8 Å². The number of nitrogens with one attached hydrogen (secondary N) is 2. The molecule has 0 aromatic rings. The summed E-state index contributed by atoms with van der Waals surface area (Å²) < 4.78 is 0. The van der Waals surface area contributed by atoms with Crippen LogP contribution in [-0.2, 0) is 19.2 Å². The molecule has 13 nitrogen and oxygen atoms in total. The van der Waals surface area contributed by atoms with Gasteiger partial charge in [0.15, 0.2) is 5.96 Å². The number of carboxylic acids is 1. The monoisotopic (exact) mass is 457 g/mol. The molecule has 0 aromatic carbocycles. The molecule has 10 N–H and O–H groups in total. The summed E-state index contributed by atoms with van der Waals surface area (Å²) in [7, 11) is 0. The van der Waals surface area contributed by atoms with Gasteiger partial charge in [-0.05, 0) is 31.6 Å². The lowest BCUT2D eigenvalue weighted by Crippen LogP contribution is -2.58. The number of amides is 3. The van der Waals surface area contributed by atoms with Crippen molar-refractivity contribution in [2.24, 2.45) is 28.1 Å². The maximum Gasteiger partial charge on any atom is 0.326 e. The van der Waals surface area contributed by atoms with E-state index in [4.69, 9.17) is 17.2 Å². The average Bonchev–Trinajstić information content (AvgIpc) is 3.21. The second-order valence-corrected chi connectivity index (χ2v) is 8.06. The molecule has 4 unspecified atom stereocenters. The molecular formula is C19H35N7O6. The first kappa shape index (κ1) is 27.1. The van der Waals surface area contributed by atoms with Gasteiger partial charge in [-0.25, -0.2) is 4.79 Å². The molecule has 0 spiro atoms. The Morgan fingerprint density at radius 1 is 1.19 bits per heavy atom. The minimum Gasteiger partial charge on any atom is -0.480 e. The van der Waals surface area contributed by atoms with Crippen molar-refractivity contribution >= 4 is 29.7 Å². The van der Waals surface area contributed by atoms with E-state index in [2.05, 4.69) is 15.6 Å². The Hall–Kier alpha value is -2.93. The van der Waals surface area contributed by atoms with Crippen LogP contribution in [-0.4, -0.2) is 88.6 Å². The van der Waals surface area contributed by atoms with E-state index >= 15 is 0 Å². The Kier molecular flexibility index (Phi) is 10.9. The van der Waals surface area contributed by atoms with Crippen molar-refractivity contribution in [3.63, 3.8) is 0 Å². The van der Waals surface area contributed by atoms with Crippen LogP contribution in [0.25, 0.3) is 0 Å². The Morgan fingerprint density at radius 3 is 2.38 bits per heavy atom. The zero-order valence-corrected chi connectivity index (χ0v) is 18.5. The molecule has 0 bridgehead atoms. The van der Waals surface area contributed by atoms with Gasteiger partial charge in [-0.3, -0.25) is 19.4 Å². The number of aliphatic hydroxyl groups is 1. The predicted octanol–water partition coefficient (Wildman–Crippen LogP) is -2.94. The largest absolute Gasteiger partial charge is 0.480 e. The van der Waals surface area contributed by atoms with Gasteiger partial charge in [0.25, 0.3) is 0 Å². The molecule has 4 atom stereocenters. The quantitative estimate of drug-likeness (QED) is 0.0902. The lowest BCUT2D eigenvalue weighted by atomic mass is 10.0. The van der Waals surface area contributed by atoms with Crippen LogP contribution in [0, 0.1) is 5.92 Å². The van der Waals surface area contributed by atoms with Crippen LogP contribution in [0.5, 0.6) is 0 Å². The molecule has 1 heterocycles. The van der Waals surface area contributed by atoms with Gasteiger partial charge in [0, 0.05) is 13.1 Å².